The minimum Gasteiger partial charge on any atom is -0.316 e. The highest BCUT2D eigenvalue weighted by Crippen LogP contribution is 2.38. The Morgan fingerprint density at radius 1 is 0.920 bits per heavy atom. The summed E-state index contributed by atoms with van der Waals surface area (Å²) in [5, 5.41) is 3.62. The van der Waals surface area contributed by atoms with Crippen LogP contribution in [0.2, 0.25) is 0 Å². The maximum Gasteiger partial charge on any atom is 0.0573 e. The molecule has 0 aromatic carbocycles. The number of fused-ring (bicyclic) bond motifs is 2. The number of hydrogen-bond donors (Lipinski definition) is 1. The molecule has 2 atom stereocenters. The summed E-state index contributed by atoms with van der Waals surface area (Å²) >= 11 is 0. The highest BCUT2D eigenvalue weighted by molar-refractivity contribution is 5.20. The summed E-state index contributed by atoms with van der Waals surface area (Å²) in [6.07, 6.45) is 6.54. The number of hydrogen-bond acceptors (Lipinski definition) is 4. The molecule has 1 aliphatic heterocycles. The number of piperidine rings is 1. The van der Waals surface area contributed by atoms with Gasteiger partial charge in [0.15, 0.2) is 0 Å². The van der Waals surface area contributed by atoms with Crippen LogP contribution in [0.15, 0.2) is 36.7 Å². The van der Waals surface area contributed by atoms with E-state index in [0.29, 0.717) is 6.04 Å². The zero-order valence-electron chi connectivity index (χ0n) is 15.3. The highest BCUT2D eigenvalue weighted by atomic mass is 15.2. The SMILES string of the molecule is Cc1cccnc1CN(Cc1ncccc1C)C1C2CCC1CNC2. The fourth-order valence-electron chi connectivity index (χ4n) is 4.67. The lowest BCUT2D eigenvalue weighted by molar-refractivity contribution is 0.0865. The highest BCUT2D eigenvalue weighted by Gasteiger charge is 2.42. The van der Waals surface area contributed by atoms with Gasteiger partial charge in [-0.2, -0.15) is 0 Å². The number of aryl methyl sites for hydroxylation is 2. The summed E-state index contributed by atoms with van der Waals surface area (Å²) in [6, 6.07) is 9.04. The summed E-state index contributed by atoms with van der Waals surface area (Å²) in [5.41, 5.74) is 4.97. The molecule has 0 radical (unpaired) electrons. The first-order valence-electron chi connectivity index (χ1n) is 9.48. The van der Waals surface area contributed by atoms with Crippen molar-refractivity contribution in [3.05, 3.63) is 59.2 Å². The first kappa shape index (κ1) is 16.7. The molecule has 132 valence electrons. The second-order valence-electron chi connectivity index (χ2n) is 7.69. The van der Waals surface area contributed by atoms with Gasteiger partial charge in [-0.3, -0.25) is 14.9 Å². The van der Waals surface area contributed by atoms with E-state index < -0.39 is 0 Å². The molecule has 4 nitrogen and oxygen atoms in total. The lowest BCUT2D eigenvalue weighted by Crippen LogP contribution is -2.51. The monoisotopic (exact) mass is 336 g/mol. The molecule has 2 fully saturated rings. The van der Waals surface area contributed by atoms with Gasteiger partial charge in [0, 0.05) is 31.5 Å². The van der Waals surface area contributed by atoms with Crippen molar-refractivity contribution in [2.45, 2.75) is 45.8 Å². The number of pyridine rings is 2. The Kier molecular flexibility index (Phi) is 4.82. The maximum atomic E-state index is 4.67. The summed E-state index contributed by atoms with van der Waals surface area (Å²) in [7, 11) is 0. The van der Waals surface area contributed by atoms with Crippen molar-refractivity contribution in [3.63, 3.8) is 0 Å². The van der Waals surface area contributed by atoms with Crippen LogP contribution in [0.5, 0.6) is 0 Å². The zero-order chi connectivity index (χ0) is 17.2. The molecule has 25 heavy (non-hydrogen) atoms. The molecule has 1 aliphatic carbocycles. The summed E-state index contributed by atoms with van der Waals surface area (Å²) in [5.74, 6) is 1.51. The fourth-order valence-corrected chi connectivity index (χ4v) is 4.67. The predicted molar refractivity (Wildman–Crippen MR) is 100 cm³/mol. The Bertz CT molecular complexity index is 666. The minimum absolute atomic E-state index is 0.643. The molecule has 2 aromatic heterocycles. The second kappa shape index (κ2) is 7.22. The third kappa shape index (κ3) is 3.46. The van der Waals surface area contributed by atoms with Crippen molar-refractivity contribution >= 4 is 0 Å². The number of nitrogens with zero attached hydrogens (tertiary/aromatic N) is 3. The fraction of sp³-hybridized carbons (Fsp3) is 0.524. The Morgan fingerprint density at radius 3 is 1.92 bits per heavy atom. The molecule has 0 spiro atoms. The van der Waals surface area contributed by atoms with Crippen LogP contribution in [-0.4, -0.2) is 34.0 Å². The molecule has 1 N–H and O–H groups in total. The molecule has 1 saturated heterocycles. The summed E-state index contributed by atoms with van der Waals surface area (Å²) in [6.45, 7) is 8.48. The van der Waals surface area contributed by atoms with Gasteiger partial charge in [-0.15, -0.1) is 0 Å². The van der Waals surface area contributed by atoms with Gasteiger partial charge in [-0.05, 0) is 74.9 Å². The molecule has 1 saturated carbocycles. The van der Waals surface area contributed by atoms with Crippen molar-refractivity contribution < 1.29 is 0 Å². The van der Waals surface area contributed by atoms with E-state index in [-0.39, 0.29) is 0 Å². The van der Waals surface area contributed by atoms with Crippen LogP contribution < -0.4 is 5.32 Å². The molecule has 2 bridgehead atoms. The van der Waals surface area contributed by atoms with Crippen molar-refractivity contribution in [2.24, 2.45) is 11.8 Å². The van der Waals surface area contributed by atoms with Crippen molar-refractivity contribution in [1.29, 1.82) is 0 Å². The molecule has 2 aliphatic rings. The Balaban J connectivity index is 1.63. The lowest BCUT2D eigenvalue weighted by Gasteiger charge is -2.40. The van der Waals surface area contributed by atoms with Crippen LogP contribution in [0.25, 0.3) is 0 Å². The van der Waals surface area contributed by atoms with Crippen LogP contribution in [-0.2, 0) is 13.1 Å². The standard InChI is InChI=1S/C21H28N4/c1-15-5-3-9-23-19(15)13-25(14-20-16(2)6-4-10-24-20)21-17-7-8-18(21)12-22-11-17/h3-6,9-10,17-18,21-22H,7-8,11-14H2,1-2H3. The largest absolute Gasteiger partial charge is 0.316 e. The molecule has 3 heterocycles. The van der Waals surface area contributed by atoms with E-state index in [0.717, 1.165) is 38.0 Å². The topological polar surface area (TPSA) is 41.1 Å². The van der Waals surface area contributed by atoms with E-state index in [1.807, 2.05) is 24.5 Å². The Morgan fingerprint density at radius 2 is 1.44 bits per heavy atom. The molecular weight excluding hydrogens is 308 g/mol. The van der Waals surface area contributed by atoms with E-state index >= 15 is 0 Å². The smallest absolute Gasteiger partial charge is 0.0573 e. The third-order valence-corrected chi connectivity index (χ3v) is 6.05. The maximum absolute atomic E-state index is 4.67. The van der Waals surface area contributed by atoms with Gasteiger partial charge in [0.25, 0.3) is 0 Å². The molecule has 0 amide bonds. The van der Waals surface area contributed by atoms with E-state index in [2.05, 4.69) is 46.2 Å². The summed E-state index contributed by atoms with van der Waals surface area (Å²) < 4.78 is 0. The average molecular weight is 336 g/mol. The van der Waals surface area contributed by atoms with Gasteiger partial charge in [0.1, 0.15) is 0 Å². The first-order valence-corrected chi connectivity index (χ1v) is 9.48. The van der Waals surface area contributed by atoms with Crippen molar-refractivity contribution in [1.82, 2.24) is 20.2 Å². The Labute approximate surface area is 150 Å². The van der Waals surface area contributed by atoms with Crippen molar-refractivity contribution in [3.8, 4) is 0 Å². The molecule has 4 rings (SSSR count). The van der Waals surface area contributed by atoms with Crippen LogP contribution >= 0.6 is 0 Å². The molecular formula is C21H28N4. The minimum atomic E-state index is 0.643. The third-order valence-electron chi connectivity index (χ3n) is 6.05. The Hall–Kier alpha value is -1.78. The van der Waals surface area contributed by atoms with Gasteiger partial charge in [0.2, 0.25) is 0 Å². The van der Waals surface area contributed by atoms with E-state index in [4.69, 9.17) is 0 Å². The van der Waals surface area contributed by atoms with E-state index in [1.165, 1.54) is 35.4 Å². The van der Waals surface area contributed by atoms with E-state index in [9.17, 15) is 0 Å². The quantitative estimate of drug-likeness (QED) is 0.911. The van der Waals surface area contributed by atoms with Crippen LogP contribution in [0.1, 0.15) is 35.4 Å². The van der Waals surface area contributed by atoms with Crippen molar-refractivity contribution in [2.75, 3.05) is 13.1 Å². The van der Waals surface area contributed by atoms with Gasteiger partial charge >= 0.3 is 0 Å². The zero-order valence-corrected chi connectivity index (χ0v) is 15.3. The van der Waals surface area contributed by atoms with Gasteiger partial charge < -0.3 is 5.32 Å². The molecule has 2 aromatic rings. The first-order chi connectivity index (χ1) is 12.2. The van der Waals surface area contributed by atoms with Crippen LogP contribution in [0.3, 0.4) is 0 Å². The molecule has 4 heteroatoms. The summed E-state index contributed by atoms with van der Waals surface area (Å²) in [4.78, 5) is 12.0. The van der Waals surface area contributed by atoms with Gasteiger partial charge in [-0.25, -0.2) is 0 Å². The molecule has 2 unspecified atom stereocenters. The van der Waals surface area contributed by atoms with Gasteiger partial charge in [0.05, 0.1) is 11.4 Å². The van der Waals surface area contributed by atoms with Gasteiger partial charge in [-0.1, -0.05) is 12.1 Å². The van der Waals surface area contributed by atoms with E-state index in [1.54, 1.807) is 0 Å². The number of aromatic nitrogens is 2. The second-order valence-corrected chi connectivity index (χ2v) is 7.69. The lowest BCUT2D eigenvalue weighted by atomic mass is 9.91. The normalized spacial score (nSPS) is 25.5. The average Bonchev–Trinajstić information content (AvgIpc) is 2.86. The van der Waals surface area contributed by atoms with Crippen LogP contribution in [0.4, 0.5) is 0 Å². The number of nitrogens with one attached hydrogen (secondary N) is 1. The number of rotatable bonds is 5. The van der Waals surface area contributed by atoms with Crippen LogP contribution in [0, 0.1) is 25.7 Å². The predicted octanol–water partition coefficient (Wildman–Crippen LogP) is 3.09.